The summed E-state index contributed by atoms with van der Waals surface area (Å²) in [6.07, 6.45) is 0.0671. The molecule has 2 amide bonds. The molecule has 2 aliphatic rings. The minimum absolute atomic E-state index is 0.0499. The Morgan fingerprint density at radius 3 is 2.65 bits per heavy atom. The molecular weight excluding hydrogens is 547 g/mol. The number of para-hydroxylation sites is 1. The third kappa shape index (κ3) is 4.90. The lowest BCUT2D eigenvalue weighted by molar-refractivity contribution is -0.132. The van der Waals surface area contributed by atoms with Gasteiger partial charge in [0.2, 0.25) is 6.43 Å². The van der Waals surface area contributed by atoms with Crippen LogP contribution in [0.15, 0.2) is 67.0 Å². The zero-order chi connectivity index (χ0) is 28.6. The van der Waals surface area contributed by atoms with Gasteiger partial charge in [-0.3, -0.25) is 14.6 Å². The van der Waals surface area contributed by atoms with Gasteiger partial charge in [0.05, 0.1) is 18.4 Å². The molecule has 0 spiro atoms. The number of aromatic nitrogens is 1. The van der Waals surface area contributed by atoms with Crippen molar-refractivity contribution in [2.45, 2.75) is 36.3 Å². The Kier molecular flexibility index (Phi) is 7.74. The monoisotopic (exact) mass is 573 g/mol. The summed E-state index contributed by atoms with van der Waals surface area (Å²) in [5.41, 5.74) is -1.81. The highest BCUT2D eigenvalue weighted by molar-refractivity contribution is 6.21. The standard InChI is InChI=1S/C29H27ClF3N3O4/c1-40-18-8-9-20(23(31)12-18)29(39)21-6-2-3-7-25(21)36(28(29)38)15-17-11-19(26(32)33)24(13-22(17)30)35-27(37)16-5-4-10-34-14-16/h2-10,12,14,17,19,22,24,26,39H,11,13,15H2,1H3,(H,35,37)/t17-,19-,22-,24-,29+/m1/s1. The number of carbonyl (C=O) groups is 2. The number of nitrogens with zero attached hydrogens (tertiary/aromatic N) is 2. The second kappa shape index (κ2) is 11.1. The van der Waals surface area contributed by atoms with Gasteiger partial charge in [0, 0.05) is 53.5 Å². The number of ether oxygens (including phenoxy) is 1. The van der Waals surface area contributed by atoms with Crippen LogP contribution in [0.3, 0.4) is 0 Å². The molecule has 1 aliphatic heterocycles. The van der Waals surface area contributed by atoms with Gasteiger partial charge in [0.1, 0.15) is 11.6 Å². The van der Waals surface area contributed by atoms with Crippen LogP contribution in [0.2, 0.25) is 0 Å². The summed E-state index contributed by atoms with van der Waals surface area (Å²) in [5, 5.41) is 13.7. The molecule has 1 saturated carbocycles. The van der Waals surface area contributed by atoms with Gasteiger partial charge in [0.25, 0.3) is 11.8 Å². The first-order valence-electron chi connectivity index (χ1n) is 12.8. The minimum atomic E-state index is -2.75. The first-order valence-corrected chi connectivity index (χ1v) is 13.2. The van der Waals surface area contributed by atoms with E-state index in [2.05, 4.69) is 10.3 Å². The van der Waals surface area contributed by atoms with E-state index < -0.39 is 52.9 Å². The molecule has 2 heterocycles. The van der Waals surface area contributed by atoms with Crippen molar-refractivity contribution < 1.29 is 32.6 Å². The topological polar surface area (TPSA) is 91.8 Å². The SMILES string of the molecule is COc1ccc([C@@]2(O)C(=O)N(C[C@H]3C[C@@H](C(F)F)[C@H](NC(=O)c4cccnc4)C[C@H]3Cl)c3ccccc32)c(F)c1. The lowest BCUT2D eigenvalue weighted by Crippen LogP contribution is -2.52. The van der Waals surface area contributed by atoms with Gasteiger partial charge in [-0.05, 0) is 49.1 Å². The van der Waals surface area contributed by atoms with Gasteiger partial charge >= 0.3 is 0 Å². The number of fused-ring (bicyclic) bond motifs is 1. The van der Waals surface area contributed by atoms with Crippen molar-refractivity contribution in [1.82, 2.24) is 10.3 Å². The molecule has 40 heavy (non-hydrogen) atoms. The Morgan fingerprint density at radius 1 is 1.20 bits per heavy atom. The summed E-state index contributed by atoms with van der Waals surface area (Å²) in [6, 6.07) is 12.5. The Balaban J connectivity index is 1.40. The molecule has 5 atom stereocenters. The predicted molar refractivity (Wildman–Crippen MR) is 142 cm³/mol. The number of pyridine rings is 1. The zero-order valence-electron chi connectivity index (χ0n) is 21.4. The molecule has 1 fully saturated rings. The van der Waals surface area contributed by atoms with Crippen molar-refractivity contribution in [2.75, 3.05) is 18.6 Å². The Bertz CT molecular complexity index is 1410. The molecule has 0 bridgehead atoms. The summed E-state index contributed by atoms with van der Waals surface area (Å²) in [7, 11) is 1.37. The maximum Gasteiger partial charge on any atom is 0.268 e. The number of anilines is 1. The second-order valence-electron chi connectivity index (χ2n) is 10.1. The number of alkyl halides is 3. The largest absolute Gasteiger partial charge is 0.497 e. The van der Waals surface area contributed by atoms with E-state index in [4.69, 9.17) is 16.3 Å². The quantitative estimate of drug-likeness (QED) is 0.406. The van der Waals surface area contributed by atoms with Crippen molar-refractivity contribution in [3.63, 3.8) is 0 Å². The average molecular weight is 574 g/mol. The van der Waals surface area contributed by atoms with Crippen molar-refractivity contribution in [3.8, 4) is 5.75 Å². The maximum absolute atomic E-state index is 15.1. The van der Waals surface area contributed by atoms with E-state index in [0.717, 1.165) is 6.07 Å². The number of hydrogen-bond donors (Lipinski definition) is 2. The Labute approximate surface area is 233 Å². The molecule has 2 aromatic carbocycles. The van der Waals surface area contributed by atoms with Crippen LogP contribution in [0.25, 0.3) is 0 Å². The van der Waals surface area contributed by atoms with Gasteiger partial charge < -0.3 is 20.1 Å². The fraction of sp³-hybridized carbons (Fsp3) is 0.345. The van der Waals surface area contributed by atoms with Crippen LogP contribution in [0.5, 0.6) is 5.75 Å². The molecule has 0 radical (unpaired) electrons. The highest BCUT2D eigenvalue weighted by Gasteiger charge is 2.53. The lowest BCUT2D eigenvalue weighted by Gasteiger charge is -2.40. The van der Waals surface area contributed by atoms with Crippen LogP contribution in [-0.2, 0) is 10.4 Å². The number of carbonyl (C=O) groups excluding carboxylic acids is 2. The number of methoxy groups -OCH3 is 1. The maximum atomic E-state index is 15.1. The van der Waals surface area contributed by atoms with E-state index >= 15 is 4.39 Å². The molecule has 0 unspecified atom stereocenters. The third-order valence-corrected chi connectivity index (χ3v) is 8.30. The van der Waals surface area contributed by atoms with Crippen molar-refractivity contribution in [2.24, 2.45) is 11.8 Å². The van der Waals surface area contributed by atoms with Crippen molar-refractivity contribution in [3.05, 3.63) is 89.5 Å². The van der Waals surface area contributed by atoms with E-state index in [9.17, 15) is 23.5 Å². The Hall–Kier alpha value is -3.63. The molecule has 1 aromatic heterocycles. The summed E-state index contributed by atoms with van der Waals surface area (Å²) >= 11 is 6.69. The summed E-state index contributed by atoms with van der Waals surface area (Å²) in [6.45, 7) is -0.0728. The van der Waals surface area contributed by atoms with Gasteiger partial charge in [-0.1, -0.05) is 18.2 Å². The fourth-order valence-electron chi connectivity index (χ4n) is 5.68. The lowest BCUT2D eigenvalue weighted by atomic mass is 9.77. The van der Waals surface area contributed by atoms with Crippen molar-refractivity contribution in [1.29, 1.82) is 0 Å². The number of benzene rings is 2. The highest BCUT2D eigenvalue weighted by atomic mass is 35.5. The first kappa shape index (κ1) is 27.9. The second-order valence-corrected chi connectivity index (χ2v) is 10.6. The van der Waals surface area contributed by atoms with Gasteiger partial charge in [0.15, 0.2) is 5.60 Å². The first-order chi connectivity index (χ1) is 19.1. The molecule has 2 N–H and O–H groups in total. The van der Waals surface area contributed by atoms with E-state index in [1.807, 2.05) is 0 Å². The number of rotatable bonds is 7. The van der Waals surface area contributed by atoms with E-state index in [1.165, 1.54) is 48.7 Å². The van der Waals surface area contributed by atoms with E-state index in [-0.39, 0.29) is 41.8 Å². The van der Waals surface area contributed by atoms with Crippen LogP contribution in [0.4, 0.5) is 18.9 Å². The molecule has 0 saturated heterocycles. The molecule has 5 rings (SSSR count). The molecule has 7 nitrogen and oxygen atoms in total. The van der Waals surface area contributed by atoms with Crippen LogP contribution in [0.1, 0.15) is 34.3 Å². The fourth-order valence-corrected chi connectivity index (χ4v) is 6.06. The number of amides is 2. The van der Waals surface area contributed by atoms with Crippen LogP contribution < -0.4 is 15.0 Å². The zero-order valence-corrected chi connectivity index (χ0v) is 22.2. The molecule has 3 aromatic rings. The average Bonchev–Trinajstić information content (AvgIpc) is 3.16. The van der Waals surface area contributed by atoms with E-state index in [0.29, 0.717) is 5.69 Å². The number of halogens is 4. The molecule has 210 valence electrons. The van der Waals surface area contributed by atoms with Crippen LogP contribution in [0, 0.1) is 17.7 Å². The summed E-state index contributed by atoms with van der Waals surface area (Å²) < 4.78 is 48.6. The van der Waals surface area contributed by atoms with Crippen LogP contribution >= 0.6 is 11.6 Å². The number of hydrogen-bond acceptors (Lipinski definition) is 5. The van der Waals surface area contributed by atoms with Gasteiger partial charge in [-0.15, -0.1) is 11.6 Å². The number of nitrogens with one attached hydrogen (secondary N) is 1. The highest BCUT2D eigenvalue weighted by Crippen LogP contribution is 2.47. The van der Waals surface area contributed by atoms with E-state index in [1.54, 1.807) is 24.3 Å². The van der Waals surface area contributed by atoms with Gasteiger partial charge in [-0.2, -0.15) is 0 Å². The third-order valence-electron chi connectivity index (χ3n) is 7.77. The minimum Gasteiger partial charge on any atom is -0.497 e. The predicted octanol–water partition coefficient (Wildman–Crippen LogP) is 4.51. The number of aliphatic hydroxyl groups is 1. The molecular formula is C29H27ClF3N3O4. The van der Waals surface area contributed by atoms with Crippen molar-refractivity contribution >= 4 is 29.1 Å². The summed E-state index contributed by atoms with van der Waals surface area (Å²) in [4.78, 5) is 31.6. The van der Waals surface area contributed by atoms with Gasteiger partial charge in [-0.25, -0.2) is 13.2 Å². The summed E-state index contributed by atoms with van der Waals surface area (Å²) in [5.74, 6) is -3.75. The Morgan fingerprint density at radius 2 is 1.98 bits per heavy atom. The normalized spacial score (nSPS) is 26.1. The molecule has 11 heteroatoms. The van der Waals surface area contributed by atoms with Crippen LogP contribution in [-0.4, -0.2) is 53.4 Å². The molecule has 1 aliphatic carbocycles. The smallest absolute Gasteiger partial charge is 0.268 e.